The van der Waals surface area contributed by atoms with Crippen LogP contribution < -0.4 is 10.0 Å². The molecule has 2 aromatic rings. The predicted molar refractivity (Wildman–Crippen MR) is 87.0 cm³/mol. The number of carbonyl (C=O) groups excluding carboxylic acids is 1. The third-order valence-corrected chi connectivity index (χ3v) is 4.65. The molecule has 22 heavy (non-hydrogen) atoms. The molecule has 0 saturated carbocycles. The molecule has 0 fully saturated rings. The van der Waals surface area contributed by atoms with E-state index in [0.717, 1.165) is 5.56 Å². The van der Waals surface area contributed by atoms with Crippen molar-refractivity contribution in [1.82, 2.24) is 4.72 Å². The Morgan fingerprint density at radius 2 is 1.68 bits per heavy atom. The largest absolute Gasteiger partial charge is 0.333 e. The highest BCUT2D eigenvalue weighted by molar-refractivity contribution is 7.90. The molecule has 2 amide bonds. The van der Waals surface area contributed by atoms with E-state index >= 15 is 0 Å². The Morgan fingerprint density at radius 1 is 1.05 bits per heavy atom. The molecule has 0 aromatic heterocycles. The quantitative estimate of drug-likeness (QED) is 0.875. The number of aryl methyl sites for hydroxylation is 1. The lowest BCUT2D eigenvalue weighted by Crippen LogP contribution is -2.34. The summed E-state index contributed by atoms with van der Waals surface area (Å²) < 4.78 is 26.0. The zero-order chi connectivity index (χ0) is 16.3. The third kappa shape index (κ3) is 4.13. The number of hydrogen-bond acceptors (Lipinski definition) is 3. The molecule has 0 heterocycles. The molecule has 116 valence electrons. The van der Waals surface area contributed by atoms with Crippen LogP contribution in [0.5, 0.6) is 0 Å². The lowest BCUT2D eigenvalue weighted by Gasteiger charge is -2.10. The van der Waals surface area contributed by atoms with E-state index in [0.29, 0.717) is 5.02 Å². The summed E-state index contributed by atoms with van der Waals surface area (Å²) in [4.78, 5) is 11.8. The maximum absolute atomic E-state index is 12.1. The topological polar surface area (TPSA) is 75.3 Å². The minimum atomic E-state index is -3.96. The SMILES string of the molecule is Cc1ccc(S(=O)(=O)NC(=O)Nc2cc(Cl)ccc2Cl)cc1. The zero-order valence-corrected chi connectivity index (χ0v) is 13.8. The second-order valence-electron chi connectivity index (χ2n) is 4.50. The van der Waals surface area contributed by atoms with E-state index in [2.05, 4.69) is 5.32 Å². The smallest absolute Gasteiger partial charge is 0.306 e. The van der Waals surface area contributed by atoms with Gasteiger partial charge >= 0.3 is 6.03 Å². The third-order valence-electron chi connectivity index (χ3n) is 2.73. The van der Waals surface area contributed by atoms with Gasteiger partial charge in [0, 0.05) is 5.02 Å². The van der Waals surface area contributed by atoms with Gasteiger partial charge in [0.25, 0.3) is 10.0 Å². The van der Waals surface area contributed by atoms with Crippen molar-refractivity contribution in [1.29, 1.82) is 0 Å². The summed E-state index contributed by atoms with van der Waals surface area (Å²) in [6.07, 6.45) is 0. The van der Waals surface area contributed by atoms with E-state index in [1.807, 2.05) is 11.6 Å². The van der Waals surface area contributed by atoms with Crippen molar-refractivity contribution in [3.05, 3.63) is 58.1 Å². The number of hydrogen-bond donors (Lipinski definition) is 2. The second kappa shape index (κ2) is 6.56. The lowest BCUT2D eigenvalue weighted by molar-refractivity contribution is 0.256. The van der Waals surface area contributed by atoms with Crippen LogP contribution in [0.15, 0.2) is 47.4 Å². The van der Waals surface area contributed by atoms with Gasteiger partial charge < -0.3 is 5.32 Å². The Morgan fingerprint density at radius 3 is 2.32 bits per heavy atom. The highest BCUT2D eigenvalue weighted by Crippen LogP contribution is 2.25. The number of nitrogens with one attached hydrogen (secondary N) is 2. The fourth-order valence-corrected chi connectivity index (χ4v) is 2.88. The van der Waals surface area contributed by atoms with Gasteiger partial charge in [0.15, 0.2) is 0 Å². The molecule has 0 radical (unpaired) electrons. The number of anilines is 1. The van der Waals surface area contributed by atoms with Gasteiger partial charge in [-0.1, -0.05) is 40.9 Å². The summed E-state index contributed by atoms with van der Waals surface area (Å²) in [5, 5.41) is 2.95. The van der Waals surface area contributed by atoms with Crippen molar-refractivity contribution in [2.45, 2.75) is 11.8 Å². The molecule has 2 aromatic carbocycles. The molecule has 0 unspecified atom stereocenters. The zero-order valence-electron chi connectivity index (χ0n) is 11.4. The fraction of sp³-hybridized carbons (Fsp3) is 0.0714. The number of rotatable bonds is 3. The molecule has 0 aliphatic carbocycles. The van der Waals surface area contributed by atoms with Crippen LogP contribution in [0.4, 0.5) is 10.5 Å². The monoisotopic (exact) mass is 358 g/mol. The van der Waals surface area contributed by atoms with E-state index in [-0.39, 0.29) is 15.6 Å². The number of benzene rings is 2. The molecule has 0 saturated heterocycles. The first-order valence-electron chi connectivity index (χ1n) is 6.13. The van der Waals surface area contributed by atoms with Gasteiger partial charge in [0.2, 0.25) is 0 Å². The summed E-state index contributed by atoms with van der Waals surface area (Å²) in [5.41, 5.74) is 1.12. The van der Waals surface area contributed by atoms with Crippen LogP contribution in [0.3, 0.4) is 0 Å². The average Bonchev–Trinajstić information content (AvgIpc) is 2.42. The Kier molecular flexibility index (Phi) is 4.95. The molecule has 0 spiro atoms. The van der Waals surface area contributed by atoms with E-state index in [9.17, 15) is 13.2 Å². The molecule has 0 atom stereocenters. The maximum Gasteiger partial charge on any atom is 0.333 e. The predicted octanol–water partition coefficient (Wildman–Crippen LogP) is 3.81. The average molecular weight is 359 g/mol. The van der Waals surface area contributed by atoms with Crippen LogP contribution >= 0.6 is 23.2 Å². The first-order valence-corrected chi connectivity index (χ1v) is 8.37. The number of sulfonamides is 1. The summed E-state index contributed by atoms with van der Waals surface area (Å²) in [7, 11) is -3.96. The highest BCUT2D eigenvalue weighted by atomic mass is 35.5. The Hall–Kier alpha value is -1.76. The van der Waals surface area contributed by atoms with Gasteiger partial charge in [-0.15, -0.1) is 0 Å². The number of halogens is 2. The fourth-order valence-electron chi connectivity index (χ4n) is 1.64. The molecular formula is C14H12Cl2N2O3S. The summed E-state index contributed by atoms with van der Waals surface area (Å²) in [6, 6.07) is 9.64. The normalized spacial score (nSPS) is 11.0. The van der Waals surface area contributed by atoms with Crippen molar-refractivity contribution in [2.24, 2.45) is 0 Å². The van der Waals surface area contributed by atoms with Gasteiger partial charge in [-0.25, -0.2) is 17.9 Å². The first kappa shape index (κ1) is 16.6. The molecule has 5 nitrogen and oxygen atoms in total. The van der Waals surface area contributed by atoms with E-state index in [1.54, 1.807) is 18.2 Å². The van der Waals surface area contributed by atoms with E-state index in [1.165, 1.54) is 24.3 Å². The standard InChI is InChI=1S/C14H12Cl2N2O3S/c1-9-2-5-11(6-3-9)22(20,21)18-14(19)17-13-8-10(15)4-7-12(13)16/h2-8H,1H3,(H2,17,18,19). The molecule has 0 aliphatic heterocycles. The van der Waals surface area contributed by atoms with Gasteiger partial charge in [0.1, 0.15) is 0 Å². The van der Waals surface area contributed by atoms with Gasteiger partial charge in [-0.2, -0.15) is 0 Å². The Labute approximate surface area is 138 Å². The molecular weight excluding hydrogens is 347 g/mol. The number of carbonyl (C=O) groups is 1. The van der Waals surface area contributed by atoms with Crippen LogP contribution in [-0.2, 0) is 10.0 Å². The number of amides is 2. The van der Waals surface area contributed by atoms with Crippen molar-refractivity contribution in [2.75, 3.05) is 5.32 Å². The highest BCUT2D eigenvalue weighted by Gasteiger charge is 2.18. The van der Waals surface area contributed by atoms with Crippen LogP contribution in [0, 0.1) is 6.92 Å². The first-order chi connectivity index (χ1) is 10.3. The van der Waals surface area contributed by atoms with E-state index < -0.39 is 16.1 Å². The lowest BCUT2D eigenvalue weighted by atomic mass is 10.2. The van der Waals surface area contributed by atoms with E-state index in [4.69, 9.17) is 23.2 Å². The van der Waals surface area contributed by atoms with Crippen molar-refractivity contribution < 1.29 is 13.2 Å². The van der Waals surface area contributed by atoms with Crippen LogP contribution in [0.2, 0.25) is 10.0 Å². The van der Waals surface area contributed by atoms with Gasteiger partial charge in [-0.05, 0) is 37.3 Å². The summed E-state index contributed by atoms with van der Waals surface area (Å²) >= 11 is 11.7. The van der Waals surface area contributed by atoms with Crippen LogP contribution in [-0.4, -0.2) is 14.4 Å². The van der Waals surface area contributed by atoms with Crippen molar-refractivity contribution in [3.63, 3.8) is 0 Å². The number of urea groups is 1. The van der Waals surface area contributed by atoms with Gasteiger partial charge in [0.05, 0.1) is 15.6 Å². The molecule has 2 N–H and O–H groups in total. The maximum atomic E-state index is 12.1. The molecule has 0 aliphatic rings. The summed E-state index contributed by atoms with van der Waals surface area (Å²) in [6.45, 7) is 1.83. The Balaban J connectivity index is 2.14. The van der Waals surface area contributed by atoms with Crippen molar-refractivity contribution in [3.8, 4) is 0 Å². The molecule has 2 rings (SSSR count). The van der Waals surface area contributed by atoms with Gasteiger partial charge in [-0.3, -0.25) is 0 Å². The van der Waals surface area contributed by atoms with Crippen LogP contribution in [0.25, 0.3) is 0 Å². The Bertz CT molecular complexity index is 805. The second-order valence-corrected chi connectivity index (χ2v) is 7.02. The molecule has 8 heteroatoms. The van der Waals surface area contributed by atoms with Crippen LogP contribution in [0.1, 0.15) is 5.56 Å². The minimum absolute atomic E-state index is 0.00885. The minimum Gasteiger partial charge on any atom is -0.306 e. The molecule has 0 bridgehead atoms. The summed E-state index contributed by atoms with van der Waals surface area (Å²) in [5.74, 6) is 0. The van der Waals surface area contributed by atoms with Crippen molar-refractivity contribution >= 4 is 44.9 Å².